The van der Waals surface area contributed by atoms with Crippen molar-refractivity contribution < 1.29 is 23.8 Å². The van der Waals surface area contributed by atoms with Crippen LogP contribution in [0.2, 0.25) is 5.02 Å². The van der Waals surface area contributed by atoms with Crippen molar-refractivity contribution in [1.29, 1.82) is 0 Å². The van der Waals surface area contributed by atoms with E-state index >= 15 is 0 Å². The molecular formula is C25H36ClN3O5. The van der Waals surface area contributed by atoms with Gasteiger partial charge in [0.1, 0.15) is 5.60 Å². The fraction of sp³-hybridized carbons (Fsp3) is 0.680. The molecule has 3 heterocycles. The lowest BCUT2D eigenvalue weighted by Crippen LogP contribution is -2.55. The molecule has 34 heavy (non-hydrogen) atoms. The first-order chi connectivity index (χ1) is 15.9. The van der Waals surface area contributed by atoms with Gasteiger partial charge in [0.2, 0.25) is 0 Å². The first-order valence-electron chi connectivity index (χ1n) is 12.0. The van der Waals surface area contributed by atoms with Crippen LogP contribution in [0.15, 0.2) is 12.1 Å². The summed E-state index contributed by atoms with van der Waals surface area (Å²) in [6, 6.07) is 3.57. The molecule has 0 aliphatic carbocycles. The molecule has 1 atom stereocenters. The van der Waals surface area contributed by atoms with Crippen LogP contribution in [0.4, 0.5) is 9.59 Å². The molecule has 0 radical (unpaired) electrons. The number of carbonyl (C=O) groups is 2. The van der Waals surface area contributed by atoms with Crippen LogP contribution in [0.1, 0.15) is 57.4 Å². The molecule has 0 aromatic heterocycles. The Labute approximate surface area is 207 Å². The smallest absolute Gasteiger partial charge is 0.410 e. The molecule has 3 aliphatic heterocycles. The quantitative estimate of drug-likeness (QED) is 0.585. The normalized spacial score (nSPS) is 22.9. The maximum Gasteiger partial charge on any atom is 0.410 e. The number of urea groups is 1. The molecule has 0 saturated carbocycles. The number of hydrogen-bond donors (Lipinski definition) is 0. The van der Waals surface area contributed by atoms with Crippen LogP contribution in [0.3, 0.4) is 0 Å². The van der Waals surface area contributed by atoms with E-state index < -0.39 is 5.60 Å². The van der Waals surface area contributed by atoms with E-state index in [1.165, 1.54) is 0 Å². The van der Waals surface area contributed by atoms with Crippen molar-refractivity contribution >= 4 is 23.7 Å². The Bertz CT molecular complexity index is 945. The number of hydrogen-bond acceptors (Lipinski definition) is 5. The van der Waals surface area contributed by atoms with Gasteiger partial charge in [-0.3, -0.25) is 4.90 Å². The Morgan fingerprint density at radius 2 is 1.88 bits per heavy atom. The molecule has 0 unspecified atom stereocenters. The summed E-state index contributed by atoms with van der Waals surface area (Å²) in [4.78, 5) is 31.9. The number of benzene rings is 1. The summed E-state index contributed by atoms with van der Waals surface area (Å²) in [6.45, 7) is 13.6. The van der Waals surface area contributed by atoms with E-state index in [2.05, 4.69) is 0 Å². The van der Waals surface area contributed by atoms with Crippen LogP contribution in [0.25, 0.3) is 0 Å². The highest BCUT2D eigenvalue weighted by Crippen LogP contribution is 2.35. The molecule has 0 spiro atoms. The van der Waals surface area contributed by atoms with Crippen LogP contribution in [0.5, 0.6) is 0 Å². The molecular weight excluding hydrogens is 458 g/mol. The maximum atomic E-state index is 13.4. The Balaban J connectivity index is 1.60. The number of nitrogens with zero attached hydrogens (tertiary/aromatic N) is 3. The van der Waals surface area contributed by atoms with E-state index in [0.29, 0.717) is 64.0 Å². The number of halogens is 1. The van der Waals surface area contributed by atoms with Crippen LogP contribution in [-0.4, -0.2) is 84.0 Å². The van der Waals surface area contributed by atoms with Crippen molar-refractivity contribution in [2.24, 2.45) is 0 Å². The molecule has 9 heteroatoms. The SMILES string of the molecule is CC(C)(C)OC(=O)N1CCOC[C@H]1c1cc(Cl)cc2c1CN(C(=O)N1CCOC(C)(C)C1)CC2. The monoisotopic (exact) mass is 493 g/mol. The second-order valence-corrected chi connectivity index (χ2v) is 11.3. The highest BCUT2D eigenvalue weighted by molar-refractivity contribution is 6.30. The van der Waals surface area contributed by atoms with Gasteiger partial charge in [-0.1, -0.05) is 11.6 Å². The second kappa shape index (κ2) is 9.55. The highest BCUT2D eigenvalue weighted by Gasteiger charge is 2.37. The molecule has 1 aromatic rings. The van der Waals surface area contributed by atoms with Crippen LogP contribution in [0, 0.1) is 0 Å². The van der Waals surface area contributed by atoms with Crippen molar-refractivity contribution in [3.05, 3.63) is 33.8 Å². The van der Waals surface area contributed by atoms with E-state index in [-0.39, 0.29) is 23.8 Å². The molecule has 3 aliphatic rings. The Morgan fingerprint density at radius 1 is 1.12 bits per heavy atom. The zero-order chi connectivity index (χ0) is 24.7. The Kier molecular flexibility index (Phi) is 7.04. The van der Waals surface area contributed by atoms with Crippen molar-refractivity contribution in [2.45, 2.75) is 64.8 Å². The number of carbonyl (C=O) groups excluding carboxylic acids is 2. The third kappa shape index (κ3) is 5.61. The predicted octanol–water partition coefficient (Wildman–Crippen LogP) is 4.24. The minimum Gasteiger partial charge on any atom is -0.444 e. The summed E-state index contributed by atoms with van der Waals surface area (Å²) in [6.07, 6.45) is 0.344. The van der Waals surface area contributed by atoms with Crippen molar-refractivity contribution in [3.8, 4) is 0 Å². The zero-order valence-electron chi connectivity index (χ0n) is 20.9. The van der Waals surface area contributed by atoms with Crippen LogP contribution in [-0.2, 0) is 27.2 Å². The van der Waals surface area contributed by atoms with E-state index in [1.807, 2.05) is 56.6 Å². The summed E-state index contributed by atoms with van der Waals surface area (Å²) >= 11 is 6.51. The number of amides is 3. The lowest BCUT2D eigenvalue weighted by Gasteiger charge is -2.42. The number of rotatable bonds is 1. The third-order valence-corrected chi connectivity index (χ3v) is 6.64. The summed E-state index contributed by atoms with van der Waals surface area (Å²) in [5.41, 5.74) is 2.13. The Morgan fingerprint density at radius 3 is 2.59 bits per heavy atom. The minimum atomic E-state index is -0.594. The van der Waals surface area contributed by atoms with E-state index in [0.717, 1.165) is 16.7 Å². The molecule has 2 fully saturated rings. The first kappa shape index (κ1) is 25.1. The van der Waals surface area contributed by atoms with Gasteiger partial charge in [-0.2, -0.15) is 0 Å². The van der Waals surface area contributed by atoms with Crippen LogP contribution >= 0.6 is 11.6 Å². The van der Waals surface area contributed by atoms with Gasteiger partial charge in [0.25, 0.3) is 0 Å². The maximum absolute atomic E-state index is 13.4. The van der Waals surface area contributed by atoms with Gasteiger partial charge in [-0.25, -0.2) is 9.59 Å². The Hall–Kier alpha value is -2.03. The van der Waals surface area contributed by atoms with Gasteiger partial charge in [0, 0.05) is 31.2 Å². The number of morpholine rings is 2. The van der Waals surface area contributed by atoms with E-state index in [9.17, 15) is 9.59 Å². The van der Waals surface area contributed by atoms with Crippen molar-refractivity contribution in [1.82, 2.24) is 14.7 Å². The fourth-order valence-corrected chi connectivity index (χ4v) is 5.15. The fourth-order valence-electron chi connectivity index (χ4n) is 4.90. The zero-order valence-corrected chi connectivity index (χ0v) is 21.6. The van der Waals surface area contributed by atoms with Crippen LogP contribution < -0.4 is 0 Å². The average Bonchev–Trinajstić information content (AvgIpc) is 2.76. The number of ether oxygens (including phenoxy) is 3. The van der Waals surface area contributed by atoms with Gasteiger partial charge in [-0.05, 0) is 69.9 Å². The lowest BCUT2D eigenvalue weighted by molar-refractivity contribution is -0.0767. The van der Waals surface area contributed by atoms with Gasteiger partial charge >= 0.3 is 12.1 Å². The van der Waals surface area contributed by atoms with Gasteiger partial charge in [-0.15, -0.1) is 0 Å². The third-order valence-electron chi connectivity index (χ3n) is 6.42. The molecule has 4 rings (SSSR count). The average molecular weight is 494 g/mol. The lowest BCUT2D eigenvalue weighted by atomic mass is 9.90. The first-order valence-corrected chi connectivity index (χ1v) is 12.4. The van der Waals surface area contributed by atoms with Crippen molar-refractivity contribution in [2.75, 3.05) is 46.0 Å². The summed E-state index contributed by atoms with van der Waals surface area (Å²) in [5, 5.41) is 0.623. The highest BCUT2D eigenvalue weighted by atomic mass is 35.5. The summed E-state index contributed by atoms with van der Waals surface area (Å²) < 4.78 is 17.2. The second-order valence-electron chi connectivity index (χ2n) is 10.9. The molecule has 0 N–H and O–H groups in total. The molecule has 2 saturated heterocycles. The predicted molar refractivity (Wildman–Crippen MR) is 129 cm³/mol. The minimum absolute atomic E-state index is 0.0202. The molecule has 8 nitrogen and oxygen atoms in total. The summed E-state index contributed by atoms with van der Waals surface area (Å²) in [5.74, 6) is 0. The molecule has 188 valence electrons. The van der Waals surface area contributed by atoms with Gasteiger partial charge in [0.15, 0.2) is 0 Å². The van der Waals surface area contributed by atoms with Gasteiger partial charge < -0.3 is 24.0 Å². The van der Waals surface area contributed by atoms with Gasteiger partial charge in [0.05, 0.1) is 38.0 Å². The van der Waals surface area contributed by atoms with E-state index in [4.69, 9.17) is 25.8 Å². The topological polar surface area (TPSA) is 71.5 Å². The molecule has 3 amide bonds. The van der Waals surface area contributed by atoms with E-state index in [1.54, 1.807) is 4.90 Å². The van der Waals surface area contributed by atoms with Crippen molar-refractivity contribution in [3.63, 3.8) is 0 Å². The summed E-state index contributed by atoms with van der Waals surface area (Å²) in [7, 11) is 0. The molecule has 0 bridgehead atoms. The standard InChI is InChI=1S/C25H36ClN3O5/c1-24(2,3)34-23(31)29-9-10-32-15-21(29)19-13-18(26)12-17-6-7-27(14-20(17)19)22(30)28-8-11-33-25(4,5)16-28/h12-13,21H,6-11,14-16H2,1-5H3/t21-/m0/s1. The number of fused-ring (bicyclic) bond motifs is 1. The largest absolute Gasteiger partial charge is 0.444 e. The molecule has 1 aromatic carbocycles.